The molecule has 0 unspecified atom stereocenters. The molecule has 4 aromatic carbocycles. The highest BCUT2D eigenvalue weighted by Gasteiger charge is 2.29. The standard InChI is InChI=1S/C33H30ClN3O3S/c34-27-15-17-28(18-16-27)41(39,40)31-23-37(30-14-8-7-13-29(30)31)24-32(38)35-19-21-36(22-20-35)33(25-9-3-1-4-10-25)26-11-5-2-6-12-26/h1-18,23,33H,19-22,24H2. The molecule has 0 N–H and O–H groups in total. The zero-order valence-electron chi connectivity index (χ0n) is 22.4. The molecule has 0 bridgehead atoms. The lowest BCUT2D eigenvalue weighted by Crippen LogP contribution is -2.50. The number of aromatic nitrogens is 1. The fourth-order valence-corrected chi connectivity index (χ4v) is 7.26. The van der Waals surface area contributed by atoms with Gasteiger partial charge in [-0.1, -0.05) is 90.5 Å². The van der Waals surface area contributed by atoms with Gasteiger partial charge in [0.15, 0.2) is 0 Å². The number of rotatable bonds is 7. The molecule has 0 saturated carbocycles. The lowest BCUT2D eigenvalue weighted by Gasteiger charge is -2.40. The quantitative estimate of drug-likeness (QED) is 0.234. The molecule has 6 rings (SSSR count). The number of nitrogens with zero attached hydrogens (tertiary/aromatic N) is 3. The lowest BCUT2D eigenvalue weighted by atomic mass is 9.96. The van der Waals surface area contributed by atoms with Crippen LogP contribution in [-0.2, 0) is 21.2 Å². The van der Waals surface area contributed by atoms with E-state index in [0.717, 1.165) is 13.1 Å². The number of carbonyl (C=O) groups is 1. The first-order valence-electron chi connectivity index (χ1n) is 13.6. The Kier molecular flexibility index (Phi) is 7.67. The minimum absolute atomic E-state index is 0.0307. The lowest BCUT2D eigenvalue weighted by molar-refractivity contribution is -0.133. The van der Waals surface area contributed by atoms with E-state index in [9.17, 15) is 13.2 Å². The van der Waals surface area contributed by atoms with Gasteiger partial charge in [-0.05, 0) is 41.5 Å². The third-order valence-electron chi connectivity index (χ3n) is 7.73. The van der Waals surface area contributed by atoms with Crippen molar-refractivity contribution in [2.45, 2.75) is 22.4 Å². The number of amides is 1. The molecule has 0 atom stereocenters. The van der Waals surface area contributed by atoms with Gasteiger partial charge in [-0.3, -0.25) is 9.69 Å². The summed E-state index contributed by atoms with van der Waals surface area (Å²) in [4.78, 5) is 18.2. The van der Waals surface area contributed by atoms with Crippen molar-refractivity contribution < 1.29 is 13.2 Å². The van der Waals surface area contributed by atoms with Crippen molar-refractivity contribution in [2.75, 3.05) is 26.2 Å². The first-order chi connectivity index (χ1) is 19.9. The number of sulfone groups is 1. The molecule has 2 heterocycles. The maximum absolute atomic E-state index is 13.5. The van der Waals surface area contributed by atoms with Crippen LogP contribution in [-0.4, -0.2) is 54.9 Å². The second-order valence-corrected chi connectivity index (χ2v) is 12.6. The monoisotopic (exact) mass is 583 g/mol. The van der Waals surface area contributed by atoms with Crippen molar-refractivity contribution in [2.24, 2.45) is 0 Å². The van der Waals surface area contributed by atoms with Crippen LogP contribution in [0.25, 0.3) is 10.9 Å². The summed E-state index contributed by atoms with van der Waals surface area (Å²) in [6.45, 7) is 2.75. The third kappa shape index (κ3) is 5.53. The molecular formula is C33H30ClN3O3S. The van der Waals surface area contributed by atoms with Crippen molar-refractivity contribution in [1.29, 1.82) is 0 Å². The Bertz CT molecular complexity index is 1720. The number of carbonyl (C=O) groups excluding carboxylic acids is 1. The summed E-state index contributed by atoms with van der Waals surface area (Å²) >= 11 is 5.98. The van der Waals surface area contributed by atoms with Gasteiger partial charge in [0.05, 0.1) is 15.8 Å². The van der Waals surface area contributed by atoms with Gasteiger partial charge in [-0.15, -0.1) is 0 Å². The molecule has 8 heteroatoms. The summed E-state index contributed by atoms with van der Waals surface area (Å²) in [5.74, 6) is -0.0307. The average Bonchev–Trinajstić information content (AvgIpc) is 3.38. The van der Waals surface area contributed by atoms with Gasteiger partial charge in [0.1, 0.15) is 6.54 Å². The Morgan fingerprint density at radius 1 is 0.732 bits per heavy atom. The number of hydrogen-bond donors (Lipinski definition) is 0. The number of fused-ring (bicyclic) bond motifs is 1. The Balaban J connectivity index is 1.21. The first-order valence-corrected chi connectivity index (χ1v) is 15.5. The van der Waals surface area contributed by atoms with E-state index in [1.807, 2.05) is 35.2 Å². The molecule has 5 aromatic rings. The largest absolute Gasteiger partial charge is 0.339 e. The Hall–Kier alpha value is -3.91. The fraction of sp³-hybridized carbons (Fsp3) is 0.182. The first kappa shape index (κ1) is 27.3. The molecule has 1 aliphatic rings. The van der Waals surface area contributed by atoms with Crippen molar-refractivity contribution in [3.8, 4) is 0 Å². The Morgan fingerprint density at radius 3 is 1.90 bits per heavy atom. The van der Waals surface area contributed by atoms with E-state index in [1.54, 1.807) is 29.0 Å². The number of piperazine rings is 1. The maximum atomic E-state index is 13.5. The smallest absolute Gasteiger partial charge is 0.242 e. The highest BCUT2D eigenvalue weighted by atomic mass is 35.5. The summed E-state index contributed by atoms with van der Waals surface area (Å²) < 4.78 is 28.8. The summed E-state index contributed by atoms with van der Waals surface area (Å²) in [5, 5.41) is 1.06. The van der Waals surface area contributed by atoms with Crippen molar-refractivity contribution in [1.82, 2.24) is 14.4 Å². The van der Waals surface area contributed by atoms with Gasteiger partial charge in [0, 0.05) is 48.3 Å². The maximum Gasteiger partial charge on any atom is 0.242 e. The van der Waals surface area contributed by atoms with Gasteiger partial charge < -0.3 is 9.47 Å². The zero-order valence-corrected chi connectivity index (χ0v) is 24.0. The number of halogens is 1. The average molecular weight is 584 g/mol. The van der Waals surface area contributed by atoms with Crippen LogP contribution in [0, 0.1) is 0 Å². The molecular weight excluding hydrogens is 554 g/mol. The van der Waals surface area contributed by atoms with Gasteiger partial charge in [-0.25, -0.2) is 8.42 Å². The Morgan fingerprint density at radius 2 is 1.29 bits per heavy atom. The van der Waals surface area contributed by atoms with E-state index in [0.29, 0.717) is 29.0 Å². The molecule has 41 heavy (non-hydrogen) atoms. The molecule has 208 valence electrons. The van der Waals surface area contributed by atoms with Gasteiger partial charge in [0.25, 0.3) is 0 Å². The minimum atomic E-state index is -3.80. The molecule has 1 aliphatic heterocycles. The third-order valence-corrected chi connectivity index (χ3v) is 9.78. The highest BCUT2D eigenvalue weighted by molar-refractivity contribution is 7.91. The molecule has 1 saturated heterocycles. The number of hydrogen-bond acceptors (Lipinski definition) is 4. The van der Waals surface area contributed by atoms with Crippen LogP contribution >= 0.6 is 11.6 Å². The van der Waals surface area contributed by atoms with E-state index < -0.39 is 9.84 Å². The SMILES string of the molecule is O=C(Cn1cc(S(=O)(=O)c2ccc(Cl)cc2)c2ccccc21)N1CCN(C(c2ccccc2)c2ccccc2)CC1. The predicted molar refractivity (Wildman–Crippen MR) is 162 cm³/mol. The number of benzene rings is 4. The zero-order chi connectivity index (χ0) is 28.4. The molecule has 0 spiro atoms. The van der Waals surface area contributed by atoms with E-state index in [1.165, 1.54) is 23.3 Å². The normalized spacial score (nSPS) is 14.5. The van der Waals surface area contributed by atoms with Crippen LogP contribution < -0.4 is 0 Å². The fourth-order valence-electron chi connectivity index (χ4n) is 5.66. The van der Waals surface area contributed by atoms with Crippen LogP contribution in [0.15, 0.2) is 125 Å². The molecule has 1 aromatic heterocycles. The second-order valence-electron chi connectivity index (χ2n) is 10.2. The molecule has 0 aliphatic carbocycles. The minimum Gasteiger partial charge on any atom is -0.339 e. The van der Waals surface area contributed by atoms with Crippen molar-refractivity contribution in [3.05, 3.63) is 132 Å². The van der Waals surface area contributed by atoms with Crippen LogP contribution in [0.1, 0.15) is 17.2 Å². The predicted octanol–water partition coefficient (Wildman–Crippen LogP) is 6.06. The van der Waals surface area contributed by atoms with Crippen LogP contribution in [0.2, 0.25) is 5.02 Å². The summed E-state index contributed by atoms with van der Waals surface area (Å²) in [6, 6.07) is 34.5. The van der Waals surface area contributed by atoms with Crippen molar-refractivity contribution in [3.63, 3.8) is 0 Å². The van der Waals surface area contributed by atoms with Gasteiger partial charge in [-0.2, -0.15) is 0 Å². The molecule has 0 radical (unpaired) electrons. The van der Waals surface area contributed by atoms with E-state index >= 15 is 0 Å². The van der Waals surface area contributed by atoms with Gasteiger partial charge >= 0.3 is 0 Å². The summed E-state index contributed by atoms with van der Waals surface area (Å²) in [5.41, 5.74) is 3.17. The summed E-state index contributed by atoms with van der Waals surface area (Å²) in [6.07, 6.45) is 1.59. The van der Waals surface area contributed by atoms with E-state index in [4.69, 9.17) is 11.6 Å². The second kappa shape index (κ2) is 11.5. The van der Waals surface area contributed by atoms with E-state index in [-0.39, 0.29) is 28.3 Å². The van der Waals surface area contributed by atoms with Crippen LogP contribution in [0.5, 0.6) is 0 Å². The van der Waals surface area contributed by atoms with Gasteiger partial charge in [0.2, 0.25) is 15.7 Å². The topological polar surface area (TPSA) is 62.6 Å². The van der Waals surface area contributed by atoms with Crippen molar-refractivity contribution >= 4 is 38.2 Å². The number of para-hydroxylation sites is 1. The molecule has 1 fully saturated rings. The van der Waals surface area contributed by atoms with Crippen LogP contribution in [0.4, 0.5) is 0 Å². The Labute approximate surface area is 245 Å². The molecule has 6 nitrogen and oxygen atoms in total. The molecule has 1 amide bonds. The van der Waals surface area contributed by atoms with Crippen LogP contribution in [0.3, 0.4) is 0 Å². The summed E-state index contributed by atoms with van der Waals surface area (Å²) in [7, 11) is -3.80. The van der Waals surface area contributed by atoms with E-state index in [2.05, 4.69) is 53.4 Å². The highest BCUT2D eigenvalue weighted by Crippen LogP contribution is 2.32.